The molecule has 2 saturated heterocycles. The Morgan fingerprint density at radius 3 is 3.33 bits per heavy atom. The van der Waals surface area contributed by atoms with Crippen LogP contribution < -0.4 is 0 Å². The number of rotatable bonds is 0. The summed E-state index contributed by atoms with van der Waals surface area (Å²) >= 11 is 0. The van der Waals surface area contributed by atoms with E-state index in [1.165, 1.54) is 19.4 Å². The van der Waals surface area contributed by atoms with Crippen LogP contribution in [0.2, 0.25) is 0 Å². The van der Waals surface area contributed by atoms with Crippen molar-refractivity contribution >= 4 is 8.30 Å². The van der Waals surface area contributed by atoms with Gasteiger partial charge in [-0.1, -0.05) is 0 Å². The molecule has 0 saturated carbocycles. The third kappa shape index (κ3) is 0.899. The van der Waals surface area contributed by atoms with Gasteiger partial charge in [-0.05, 0) is 19.5 Å². The van der Waals surface area contributed by atoms with E-state index in [1.54, 1.807) is 0 Å². The molecule has 52 valence electrons. The molecule has 2 heterocycles. The fourth-order valence-corrected chi connectivity index (χ4v) is 3.23. The molecule has 0 radical (unpaired) electrons. The average molecular weight is 145 g/mol. The van der Waals surface area contributed by atoms with Crippen molar-refractivity contribution in [1.82, 2.24) is 4.67 Å². The molecule has 2 fully saturated rings. The summed E-state index contributed by atoms with van der Waals surface area (Å²) < 4.78 is 8.03. The van der Waals surface area contributed by atoms with Gasteiger partial charge in [0.15, 0.2) is 0 Å². The smallest absolute Gasteiger partial charge is 0.101 e. The lowest BCUT2D eigenvalue weighted by Crippen LogP contribution is -2.18. The second kappa shape index (κ2) is 2.19. The monoisotopic (exact) mass is 145 g/mol. The van der Waals surface area contributed by atoms with Gasteiger partial charge in [0.2, 0.25) is 0 Å². The Kier molecular flexibility index (Phi) is 1.48. The highest BCUT2D eigenvalue weighted by Gasteiger charge is 2.35. The normalized spacial score (nSPS) is 43.7. The lowest BCUT2D eigenvalue weighted by Gasteiger charge is -2.15. The van der Waals surface area contributed by atoms with E-state index in [2.05, 4.69) is 11.3 Å². The van der Waals surface area contributed by atoms with Crippen LogP contribution in [0.5, 0.6) is 0 Å². The molecular weight excluding hydrogens is 133 g/mol. The van der Waals surface area contributed by atoms with Gasteiger partial charge in [-0.2, -0.15) is 0 Å². The van der Waals surface area contributed by atoms with Crippen molar-refractivity contribution in [2.45, 2.75) is 18.9 Å². The third-order valence-electron chi connectivity index (χ3n) is 2.16. The Labute approximate surface area is 57.1 Å². The molecule has 1 unspecified atom stereocenters. The van der Waals surface area contributed by atoms with Crippen molar-refractivity contribution in [2.24, 2.45) is 0 Å². The van der Waals surface area contributed by atoms with Crippen molar-refractivity contribution in [3.63, 3.8) is 0 Å². The molecule has 3 heteroatoms. The van der Waals surface area contributed by atoms with Crippen LogP contribution in [0.3, 0.4) is 0 Å². The van der Waals surface area contributed by atoms with Gasteiger partial charge in [0.25, 0.3) is 0 Å². The van der Waals surface area contributed by atoms with E-state index in [0.717, 1.165) is 12.6 Å². The predicted molar refractivity (Wildman–Crippen MR) is 38.5 cm³/mol. The molecule has 0 bridgehead atoms. The SMILES string of the molecule is C[P@]1OCC2CCCN21. The van der Waals surface area contributed by atoms with Crippen LogP contribution in [0.15, 0.2) is 0 Å². The highest BCUT2D eigenvalue weighted by Crippen LogP contribution is 2.48. The van der Waals surface area contributed by atoms with Crippen LogP contribution in [0.25, 0.3) is 0 Å². The maximum absolute atomic E-state index is 5.51. The topological polar surface area (TPSA) is 12.5 Å². The lowest BCUT2D eigenvalue weighted by molar-refractivity contribution is 0.341. The number of nitrogens with zero attached hydrogens (tertiary/aromatic N) is 1. The van der Waals surface area contributed by atoms with Crippen LogP contribution >= 0.6 is 8.30 Å². The zero-order valence-corrected chi connectivity index (χ0v) is 6.60. The molecule has 0 spiro atoms. The Bertz CT molecular complexity index is 120. The highest BCUT2D eigenvalue weighted by atomic mass is 31.2. The summed E-state index contributed by atoms with van der Waals surface area (Å²) in [6, 6.07) is 0.793. The van der Waals surface area contributed by atoms with Crippen LogP contribution in [-0.4, -0.2) is 30.5 Å². The van der Waals surface area contributed by atoms with Crippen molar-refractivity contribution in [1.29, 1.82) is 0 Å². The average Bonchev–Trinajstić information content (AvgIpc) is 2.35. The summed E-state index contributed by atoms with van der Waals surface area (Å²) in [5.74, 6) is 0. The molecule has 9 heavy (non-hydrogen) atoms. The van der Waals surface area contributed by atoms with Gasteiger partial charge in [-0.3, -0.25) is 4.67 Å². The minimum atomic E-state index is -0.172. The Hall–Kier alpha value is 0.350. The zero-order chi connectivity index (χ0) is 6.27. The quantitative estimate of drug-likeness (QED) is 0.478. The summed E-state index contributed by atoms with van der Waals surface area (Å²) in [5, 5.41) is 0. The summed E-state index contributed by atoms with van der Waals surface area (Å²) in [4.78, 5) is 0. The van der Waals surface area contributed by atoms with Crippen molar-refractivity contribution in [3.8, 4) is 0 Å². The van der Waals surface area contributed by atoms with Crippen LogP contribution in [0, 0.1) is 0 Å². The second-order valence-electron chi connectivity index (χ2n) is 2.72. The molecule has 2 aliphatic rings. The summed E-state index contributed by atoms with van der Waals surface area (Å²) in [5.41, 5.74) is 0. The van der Waals surface area contributed by atoms with E-state index >= 15 is 0 Å². The van der Waals surface area contributed by atoms with Crippen molar-refractivity contribution < 1.29 is 4.52 Å². The molecule has 2 atom stereocenters. The first kappa shape index (κ1) is 6.09. The van der Waals surface area contributed by atoms with E-state index in [1.807, 2.05) is 0 Å². The van der Waals surface area contributed by atoms with Crippen LogP contribution in [-0.2, 0) is 4.52 Å². The fraction of sp³-hybridized carbons (Fsp3) is 1.00. The standard InChI is InChI=1S/C6H12NOP/c1-9-7-4-2-3-6(7)5-8-9/h6H,2-5H2,1H3/t6?,9-/m0/s1. The maximum atomic E-state index is 5.51. The van der Waals surface area contributed by atoms with Gasteiger partial charge in [-0.25, -0.2) is 0 Å². The summed E-state index contributed by atoms with van der Waals surface area (Å²) in [6.45, 7) is 4.50. The van der Waals surface area contributed by atoms with Gasteiger partial charge in [-0.15, -0.1) is 0 Å². The van der Waals surface area contributed by atoms with Crippen LogP contribution in [0.4, 0.5) is 0 Å². The highest BCUT2D eigenvalue weighted by molar-refractivity contribution is 7.49. The summed E-state index contributed by atoms with van der Waals surface area (Å²) in [6.07, 6.45) is 2.76. The molecule has 0 aromatic rings. The van der Waals surface area contributed by atoms with E-state index in [0.29, 0.717) is 0 Å². The van der Waals surface area contributed by atoms with Gasteiger partial charge in [0, 0.05) is 12.6 Å². The zero-order valence-electron chi connectivity index (χ0n) is 5.71. The van der Waals surface area contributed by atoms with Crippen molar-refractivity contribution in [3.05, 3.63) is 0 Å². The first-order valence-corrected chi connectivity index (χ1v) is 5.17. The van der Waals surface area contributed by atoms with E-state index < -0.39 is 0 Å². The molecule has 2 rings (SSSR count). The maximum Gasteiger partial charge on any atom is 0.101 e. The van der Waals surface area contributed by atoms with Crippen LogP contribution in [0.1, 0.15) is 12.8 Å². The molecular formula is C6H12NOP. The first-order chi connectivity index (χ1) is 4.38. The number of hydrogen-bond donors (Lipinski definition) is 0. The molecule has 2 aliphatic heterocycles. The van der Waals surface area contributed by atoms with E-state index in [9.17, 15) is 0 Å². The van der Waals surface area contributed by atoms with E-state index in [-0.39, 0.29) is 8.30 Å². The molecule has 0 N–H and O–H groups in total. The Morgan fingerprint density at radius 2 is 2.56 bits per heavy atom. The molecule has 0 aromatic heterocycles. The van der Waals surface area contributed by atoms with Gasteiger partial charge < -0.3 is 4.52 Å². The minimum Gasteiger partial charge on any atom is -0.342 e. The molecule has 0 amide bonds. The van der Waals surface area contributed by atoms with E-state index in [4.69, 9.17) is 4.52 Å². The third-order valence-corrected chi connectivity index (χ3v) is 3.93. The lowest BCUT2D eigenvalue weighted by atomic mass is 10.2. The number of fused-ring (bicyclic) bond motifs is 1. The first-order valence-electron chi connectivity index (χ1n) is 3.51. The van der Waals surface area contributed by atoms with Crippen molar-refractivity contribution in [2.75, 3.05) is 19.8 Å². The van der Waals surface area contributed by atoms with Gasteiger partial charge in [0.1, 0.15) is 8.30 Å². The molecule has 2 nitrogen and oxygen atoms in total. The molecule has 0 aliphatic carbocycles. The Balaban J connectivity index is 2.07. The molecule has 0 aromatic carbocycles. The Morgan fingerprint density at radius 1 is 1.67 bits per heavy atom. The van der Waals surface area contributed by atoms with Gasteiger partial charge >= 0.3 is 0 Å². The second-order valence-corrected chi connectivity index (χ2v) is 4.42. The number of hydrogen-bond acceptors (Lipinski definition) is 2. The predicted octanol–water partition coefficient (Wildman–Crippen LogP) is 1.42. The summed E-state index contributed by atoms with van der Waals surface area (Å²) in [7, 11) is -0.172. The van der Waals surface area contributed by atoms with Gasteiger partial charge in [0.05, 0.1) is 6.61 Å². The fourth-order valence-electron chi connectivity index (χ4n) is 1.63. The minimum absolute atomic E-state index is 0.172. The largest absolute Gasteiger partial charge is 0.342 e.